The third-order valence-corrected chi connectivity index (χ3v) is 7.02. The fourth-order valence-electron chi connectivity index (χ4n) is 4.36. The molecule has 2 unspecified atom stereocenters. The summed E-state index contributed by atoms with van der Waals surface area (Å²) >= 11 is 7.61. The van der Waals surface area contributed by atoms with Crippen LogP contribution in [0.15, 0.2) is 29.7 Å². The molecule has 0 radical (unpaired) electrons. The van der Waals surface area contributed by atoms with Crippen molar-refractivity contribution in [1.29, 1.82) is 0 Å². The number of anilines is 1. The van der Waals surface area contributed by atoms with E-state index in [1.807, 2.05) is 6.07 Å². The van der Waals surface area contributed by atoms with Crippen LogP contribution in [0.5, 0.6) is 0 Å². The Morgan fingerprint density at radius 3 is 2.69 bits per heavy atom. The van der Waals surface area contributed by atoms with E-state index in [0.29, 0.717) is 15.8 Å². The number of benzene rings is 1. The van der Waals surface area contributed by atoms with Gasteiger partial charge in [-0.2, -0.15) is 0 Å². The van der Waals surface area contributed by atoms with Crippen LogP contribution >= 0.6 is 23.4 Å². The minimum Gasteiger partial charge on any atom is -0.366 e. The predicted molar refractivity (Wildman–Crippen MR) is 124 cm³/mol. The average molecular weight is 433 g/mol. The second kappa shape index (κ2) is 8.19. The number of carbonyl (C=O) groups excluding carboxylic acids is 2. The monoisotopic (exact) mass is 432 g/mol. The van der Waals surface area contributed by atoms with Crippen molar-refractivity contribution in [3.05, 3.63) is 45.8 Å². The number of fused-ring (bicyclic) bond motifs is 1. The Morgan fingerprint density at radius 2 is 2.07 bits per heavy atom. The third kappa shape index (κ3) is 3.99. The Balaban J connectivity index is 2.03. The second-order valence-corrected chi connectivity index (χ2v) is 9.93. The molecule has 2 aliphatic rings. The van der Waals surface area contributed by atoms with Gasteiger partial charge in [-0.15, -0.1) is 6.58 Å². The van der Waals surface area contributed by atoms with Gasteiger partial charge in [0.2, 0.25) is 0 Å². The van der Waals surface area contributed by atoms with Crippen molar-refractivity contribution in [2.24, 2.45) is 0 Å². The maximum atomic E-state index is 12.7. The Labute approximate surface area is 183 Å². The highest BCUT2D eigenvalue weighted by Gasteiger charge is 2.38. The van der Waals surface area contributed by atoms with Crippen LogP contribution in [-0.4, -0.2) is 34.2 Å². The summed E-state index contributed by atoms with van der Waals surface area (Å²) in [6, 6.07) is 3.77. The van der Waals surface area contributed by atoms with Crippen molar-refractivity contribution < 1.29 is 9.59 Å². The second-order valence-electron chi connectivity index (χ2n) is 8.53. The van der Waals surface area contributed by atoms with Gasteiger partial charge in [0.25, 0.3) is 11.1 Å². The molecular weight excluding hydrogens is 404 g/mol. The van der Waals surface area contributed by atoms with Crippen molar-refractivity contribution in [2.75, 3.05) is 11.4 Å². The van der Waals surface area contributed by atoms with Crippen LogP contribution in [0.4, 0.5) is 10.5 Å². The number of rotatable bonds is 5. The molecule has 0 bridgehead atoms. The first kappa shape index (κ1) is 22.0. The van der Waals surface area contributed by atoms with Gasteiger partial charge in [0, 0.05) is 22.8 Å². The number of hydrogen-bond acceptors (Lipinski definition) is 4. The lowest BCUT2D eigenvalue weighted by atomic mass is 9.79. The molecule has 2 atom stereocenters. The van der Waals surface area contributed by atoms with E-state index in [-0.39, 0.29) is 22.7 Å². The van der Waals surface area contributed by atoms with Crippen LogP contribution in [0.3, 0.4) is 0 Å². The Hall–Kier alpha value is -1.72. The van der Waals surface area contributed by atoms with E-state index in [2.05, 4.69) is 45.2 Å². The minimum atomic E-state index is -0.336. The minimum absolute atomic E-state index is 0.0662. The number of nitrogens with zero attached hydrogens (tertiary/aromatic N) is 2. The summed E-state index contributed by atoms with van der Waals surface area (Å²) in [7, 11) is 0. The summed E-state index contributed by atoms with van der Waals surface area (Å²) in [6.07, 6.45) is 5.45. The summed E-state index contributed by atoms with van der Waals surface area (Å²) in [5, 5.41) is 0.324. The molecule has 1 aromatic carbocycles. The molecule has 0 aromatic heterocycles. The molecule has 2 heterocycles. The van der Waals surface area contributed by atoms with Crippen LogP contribution in [0.1, 0.15) is 64.5 Å². The van der Waals surface area contributed by atoms with Gasteiger partial charge in [0.05, 0.1) is 10.9 Å². The maximum absolute atomic E-state index is 12.7. The maximum Gasteiger partial charge on any atom is 0.294 e. The quantitative estimate of drug-likeness (QED) is 0.395. The number of halogens is 1. The highest BCUT2D eigenvalue weighted by Crippen LogP contribution is 2.46. The molecule has 3 rings (SSSR count). The van der Waals surface area contributed by atoms with Gasteiger partial charge in [0.15, 0.2) is 0 Å². The zero-order valence-electron chi connectivity index (χ0n) is 17.8. The summed E-state index contributed by atoms with van der Waals surface area (Å²) in [5.74, 6) is 0.0938. The van der Waals surface area contributed by atoms with Crippen molar-refractivity contribution in [1.82, 2.24) is 4.90 Å². The standard InChI is InChI=1S/C23H29ClN2O2S/c1-7-9-25-19-12-18(24)16(10-17(19)14(3)13-23(25,5)6)11-20-21(27)26(15(4)8-2)22(28)29-20/h8,10-12,14-15H,2,7,9,13H2,1,3-6H3/b20-11+. The molecule has 4 nitrogen and oxygen atoms in total. The van der Waals surface area contributed by atoms with Crippen LogP contribution in [0.25, 0.3) is 6.08 Å². The first-order valence-electron chi connectivity index (χ1n) is 10.1. The van der Waals surface area contributed by atoms with Crippen LogP contribution < -0.4 is 4.90 Å². The highest BCUT2D eigenvalue weighted by atomic mass is 35.5. The highest BCUT2D eigenvalue weighted by molar-refractivity contribution is 8.18. The van der Waals surface area contributed by atoms with Gasteiger partial charge >= 0.3 is 0 Å². The van der Waals surface area contributed by atoms with Crippen LogP contribution in [0.2, 0.25) is 5.02 Å². The van der Waals surface area contributed by atoms with E-state index in [0.717, 1.165) is 36.7 Å². The fourth-order valence-corrected chi connectivity index (χ4v) is 5.48. The number of carbonyl (C=O) groups is 2. The lowest BCUT2D eigenvalue weighted by Gasteiger charge is -2.47. The average Bonchev–Trinajstić information content (AvgIpc) is 2.92. The SMILES string of the molecule is C=CC(C)N1C(=O)S/C(=C/c2cc3c(cc2Cl)N(CCC)C(C)(C)CC3C)C1=O. The topological polar surface area (TPSA) is 40.6 Å². The number of hydrogen-bond donors (Lipinski definition) is 0. The fraction of sp³-hybridized carbons (Fsp3) is 0.478. The molecule has 0 spiro atoms. The molecule has 1 aromatic rings. The zero-order valence-corrected chi connectivity index (χ0v) is 19.4. The molecule has 2 aliphatic heterocycles. The molecule has 1 saturated heterocycles. The van der Waals surface area contributed by atoms with Crippen molar-refractivity contribution in [3.8, 4) is 0 Å². The summed E-state index contributed by atoms with van der Waals surface area (Å²) in [4.78, 5) is 29.1. The number of amides is 2. The first-order chi connectivity index (χ1) is 13.6. The summed E-state index contributed by atoms with van der Waals surface area (Å²) in [6.45, 7) is 15.4. The molecule has 29 heavy (non-hydrogen) atoms. The van der Waals surface area contributed by atoms with Crippen LogP contribution in [-0.2, 0) is 4.79 Å². The van der Waals surface area contributed by atoms with Gasteiger partial charge in [-0.1, -0.05) is 31.5 Å². The first-order valence-corrected chi connectivity index (χ1v) is 11.3. The molecule has 1 fully saturated rings. The van der Waals surface area contributed by atoms with Crippen molar-refractivity contribution in [3.63, 3.8) is 0 Å². The van der Waals surface area contributed by atoms with Crippen LogP contribution in [0, 0.1) is 0 Å². The lowest BCUT2D eigenvalue weighted by Crippen LogP contribution is -2.48. The molecular formula is C23H29ClN2O2S. The molecule has 0 N–H and O–H groups in total. The van der Waals surface area contributed by atoms with Gasteiger partial charge in [-0.05, 0) is 80.6 Å². The van der Waals surface area contributed by atoms with Gasteiger partial charge < -0.3 is 4.90 Å². The Bertz CT molecular complexity index is 893. The third-order valence-electron chi connectivity index (χ3n) is 5.81. The van der Waals surface area contributed by atoms with E-state index in [9.17, 15) is 9.59 Å². The molecule has 0 aliphatic carbocycles. The molecule has 0 saturated carbocycles. The largest absolute Gasteiger partial charge is 0.366 e. The lowest BCUT2D eigenvalue weighted by molar-refractivity contribution is -0.123. The van der Waals surface area contributed by atoms with E-state index in [4.69, 9.17) is 11.6 Å². The predicted octanol–water partition coefficient (Wildman–Crippen LogP) is 6.45. The molecule has 156 valence electrons. The number of thioether (sulfide) groups is 1. The van der Waals surface area contributed by atoms with Gasteiger partial charge in [-0.25, -0.2) is 0 Å². The smallest absolute Gasteiger partial charge is 0.294 e. The summed E-state index contributed by atoms with van der Waals surface area (Å²) < 4.78 is 0. The van der Waals surface area contributed by atoms with E-state index in [1.54, 1.807) is 19.1 Å². The Kier molecular flexibility index (Phi) is 6.21. The van der Waals surface area contributed by atoms with E-state index in [1.165, 1.54) is 16.2 Å². The van der Waals surface area contributed by atoms with Gasteiger partial charge in [-0.3, -0.25) is 14.5 Å². The number of imide groups is 1. The van der Waals surface area contributed by atoms with E-state index < -0.39 is 0 Å². The van der Waals surface area contributed by atoms with E-state index >= 15 is 0 Å². The zero-order chi connectivity index (χ0) is 21.5. The van der Waals surface area contributed by atoms with Crippen molar-refractivity contribution >= 4 is 46.3 Å². The molecule has 2 amide bonds. The Morgan fingerprint density at radius 1 is 1.38 bits per heavy atom. The van der Waals surface area contributed by atoms with Crippen molar-refractivity contribution in [2.45, 2.75) is 65.0 Å². The summed E-state index contributed by atoms with van der Waals surface area (Å²) in [5.41, 5.74) is 3.26. The molecule has 6 heteroatoms. The van der Waals surface area contributed by atoms with Gasteiger partial charge in [0.1, 0.15) is 0 Å². The normalized spacial score (nSPS) is 23.5.